The molecule has 24 heavy (non-hydrogen) atoms. The van der Waals surface area contributed by atoms with Crippen molar-refractivity contribution in [3.05, 3.63) is 48.2 Å². The standard InChI is InChI=1S/C20H23NO2S/c22-19(23)9-2-1-5-15-10-12-16(13-11-15)18-8-4-14-21-20(18)24-17-6-3-7-17/h4,8,10-14,17H,1-3,5-7,9H2,(H,22,23). The average Bonchev–Trinajstić information content (AvgIpc) is 2.56. The molecule has 126 valence electrons. The van der Waals surface area contributed by atoms with Crippen LogP contribution in [0.15, 0.2) is 47.6 Å². The quantitative estimate of drug-likeness (QED) is 0.671. The highest BCUT2D eigenvalue weighted by Gasteiger charge is 2.20. The molecule has 4 heteroatoms. The lowest BCUT2D eigenvalue weighted by Crippen LogP contribution is -2.13. The van der Waals surface area contributed by atoms with Crippen molar-refractivity contribution in [2.45, 2.75) is 55.2 Å². The molecule has 0 bridgehead atoms. The van der Waals surface area contributed by atoms with Crippen molar-refractivity contribution in [1.29, 1.82) is 0 Å². The molecule has 1 saturated carbocycles. The predicted molar refractivity (Wildman–Crippen MR) is 98.4 cm³/mol. The largest absolute Gasteiger partial charge is 0.481 e. The Bertz CT molecular complexity index is 680. The van der Waals surface area contributed by atoms with E-state index in [-0.39, 0.29) is 6.42 Å². The van der Waals surface area contributed by atoms with E-state index in [1.165, 1.54) is 36.0 Å². The molecule has 1 aromatic carbocycles. The first-order valence-electron chi connectivity index (χ1n) is 8.65. The van der Waals surface area contributed by atoms with Crippen LogP contribution in [-0.2, 0) is 11.2 Å². The van der Waals surface area contributed by atoms with Gasteiger partial charge in [0, 0.05) is 23.4 Å². The molecule has 2 aromatic rings. The van der Waals surface area contributed by atoms with Gasteiger partial charge in [0.05, 0.1) is 0 Å². The van der Waals surface area contributed by atoms with Gasteiger partial charge < -0.3 is 5.11 Å². The highest BCUT2D eigenvalue weighted by atomic mass is 32.2. The highest BCUT2D eigenvalue weighted by Crippen LogP contribution is 2.39. The number of aromatic nitrogens is 1. The minimum Gasteiger partial charge on any atom is -0.481 e. The van der Waals surface area contributed by atoms with Gasteiger partial charge in [0.25, 0.3) is 0 Å². The lowest BCUT2D eigenvalue weighted by molar-refractivity contribution is -0.137. The number of carboxylic acid groups (broad SMARTS) is 1. The zero-order chi connectivity index (χ0) is 16.8. The minimum absolute atomic E-state index is 0.259. The molecule has 3 nitrogen and oxygen atoms in total. The van der Waals surface area contributed by atoms with E-state index in [1.807, 2.05) is 24.0 Å². The predicted octanol–water partition coefficient (Wildman–Crippen LogP) is 5.19. The number of nitrogens with zero attached hydrogens (tertiary/aromatic N) is 1. The van der Waals surface area contributed by atoms with Crippen LogP contribution in [0.5, 0.6) is 0 Å². The maximum absolute atomic E-state index is 10.5. The maximum Gasteiger partial charge on any atom is 0.303 e. The number of aliphatic carboxylic acids is 1. The number of pyridine rings is 1. The van der Waals surface area contributed by atoms with Crippen molar-refractivity contribution < 1.29 is 9.90 Å². The van der Waals surface area contributed by atoms with Crippen molar-refractivity contribution in [3.63, 3.8) is 0 Å². The summed E-state index contributed by atoms with van der Waals surface area (Å²) < 4.78 is 0. The van der Waals surface area contributed by atoms with Crippen LogP contribution < -0.4 is 0 Å². The first-order chi connectivity index (χ1) is 11.7. The third-order valence-electron chi connectivity index (χ3n) is 4.47. The Balaban J connectivity index is 1.63. The molecule has 1 aliphatic carbocycles. The van der Waals surface area contributed by atoms with Gasteiger partial charge in [-0.15, -0.1) is 11.8 Å². The lowest BCUT2D eigenvalue weighted by Gasteiger charge is -2.24. The molecule has 1 N–H and O–H groups in total. The highest BCUT2D eigenvalue weighted by molar-refractivity contribution is 8.00. The molecule has 0 atom stereocenters. The summed E-state index contributed by atoms with van der Waals surface area (Å²) >= 11 is 1.91. The minimum atomic E-state index is -0.710. The summed E-state index contributed by atoms with van der Waals surface area (Å²) in [5.74, 6) is -0.710. The van der Waals surface area contributed by atoms with E-state index in [9.17, 15) is 4.79 Å². The monoisotopic (exact) mass is 341 g/mol. The summed E-state index contributed by atoms with van der Waals surface area (Å²) in [7, 11) is 0. The van der Waals surface area contributed by atoms with Gasteiger partial charge in [-0.3, -0.25) is 4.79 Å². The molecule has 1 fully saturated rings. The van der Waals surface area contributed by atoms with E-state index in [0.29, 0.717) is 0 Å². The number of unbranched alkanes of at least 4 members (excludes halogenated alkanes) is 1. The Morgan fingerprint density at radius 3 is 2.62 bits per heavy atom. The molecule has 1 aliphatic rings. The third kappa shape index (κ3) is 4.60. The van der Waals surface area contributed by atoms with Crippen molar-refractivity contribution in [1.82, 2.24) is 4.98 Å². The first-order valence-corrected chi connectivity index (χ1v) is 9.53. The molecule has 0 aliphatic heterocycles. The van der Waals surface area contributed by atoms with Crippen LogP contribution in [-0.4, -0.2) is 21.3 Å². The molecule has 3 rings (SSSR count). The van der Waals surface area contributed by atoms with Crippen molar-refractivity contribution in [2.24, 2.45) is 0 Å². The van der Waals surface area contributed by atoms with Crippen molar-refractivity contribution in [3.8, 4) is 11.1 Å². The maximum atomic E-state index is 10.5. The molecule has 0 radical (unpaired) electrons. The topological polar surface area (TPSA) is 50.2 Å². The fourth-order valence-electron chi connectivity index (χ4n) is 2.81. The summed E-state index contributed by atoms with van der Waals surface area (Å²) in [6.45, 7) is 0. The number of thioether (sulfide) groups is 1. The van der Waals surface area contributed by atoms with E-state index < -0.39 is 5.97 Å². The molecular weight excluding hydrogens is 318 g/mol. The van der Waals surface area contributed by atoms with Gasteiger partial charge in [0.15, 0.2) is 0 Å². The number of aryl methyl sites for hydroxylation is 1. The van der Waals surface area contributed by atoms with Crippen LogP contribution in [0.25, 0.3) is 11.1 Å². The summed E-state index contributed by atoms with van der Waals surface area (Å²) in [6, 6.07) is 12.8. The smallest absolute Gasteiger partial charge is 0.303 e. The molecule has 0 saturated heterocycles. The Morgan fingerprint density at radius 2 is 1.96 bits per heavy atom. The molecule has 1 aromatic heterocycles. The number of benzene rings is 1. The zero-order valence-electron chi connectivity index (χ0n) is 13.8. The molecule has 0 unspecified atom stereocenters. The number of rotatable bonds is 8. The van der Waals surface area contributed by atoms with Gasteiger partial charge in [-0.1, -0.05) is 36.8 Å². The number of carbonyl (C=O) groups is 1. The Hall–Kier alpha value is -1.81. The van der Waals surface area contributed by atoms with Gasteiger partial charge in [-0.2, -0.15) is 0 Å². The van der Waals surface area contributed by atoms with Gasteiger partial charge in [0.2, 0.25) is 0 Å². The van der Waals surface area contributed by atoms with Gasteiger partial charge in [0.1, 0.15) is 5.03 Å². The summed E-state index contributed by atoms with van der Waals surface area (Å²) in [4.78, 5) is 15.1. The summed E-state index contributed by atoms with van der Waals surface area (Å²) in [5, 5.41) is 10.5. The summed E-state index contributed by atoms with van der Waals surface area (Å²) in [5.41, 5.74) is 3.69. The number of hydrogen-bond donors (Lipinski definition) is 1. The fraction of sp³-hybridized carbons (Fsp3) is 0.400. The SMILES string of the molecule is O=C(O)CCCCc1ccc(-c2cccnc2SC2CCC2)cc1. The normalized spacial score (nSPS) is 14.3. The fourth-order valence-corrected chi connectivity index (χ4v) is 4.13. The summed E-state index contributed by atoms with van der Waals surface area (Å²) in [6.07, 6.45) is 8.67. The van der Waals surface area contributed by atoms with Gasteiger partial charge in [-0.05, 0) is 49.3 Å². The van der Waals surface area contributed by atoms with E-state index in [0.717, 1.165) is 29.5 Å². The molecule has 0 spiro atoms. The third-order valence-corrected chi connectivity index (χ3v) is 5.83. The van der Waals surface area contributed by atoms with E-state index in [4.69, 9.17) is 5.11 Å². The first kappa shape index (κ1) is 17.0. The van der Waals surface area contributed by atoms with E-state index in [1.54, 1.807) is 0 Å². The number of hydrogen-bond acceptors (Lipinski definition) is 3. The average molecular weight is 341 g/mol. The van der Waals surface area contributed by atoms with E-state index in [2.05, 4.69) is 35.3 Å². The van der Waals surface area contributed by atoms with E-state index >= 15 is 0 Å². The lowest BCUT2D eigenvalue weighted by atomic mass is 10.00. The van der Waals surface area contributed by atoms with Crippen LogP contribution in [0.1, 0.15) is 44.1 Å². The van der Waals surface area contributed by atoms with Crippen molar-refractivity contribution >= 4 is 17.7 Å². The second-order valence-corrected chi connectivity index (χ2v) is 7.61. The molecule has 0 amide bonds. The van der Waals surface area contributed by atoms with Gasteiger partial charge in [-0.25, -0.2) is 4.98 Å². The molecular formula is C20H23NO2S. The second kappa shape index (κ2) is 8.34. The van der Waals surface area contributed by atoms with Crippen LogP contribution >= 0.6 is 11.8 Å². The van der Waals surface area contributed by atoms with Crippen molar-refractivity contribution in [2.75, 3.05) is 0 Å². The van der Waals surface area contributed by atoms with Crippen LogP contribution in [0.4, 0.5) is 0 Å². The number of carboxylic acids is 1. The second-order valence-electron chi connectivity index (χ2n) is 6.32. The van der Waals surface area contributed by atoms with Crippen LogP contribution in [0, 0.1) is 0 Å². The zero-order valence-corrected chi connectivity index (χ0v) is 14.6. The van der Waals surface area contributed by atoms with Crippen LogP contribution in [0.2, 0.25) is 0 Å². The Labute approximate surface area is 147 Å². The Morgan fingerprint density at radius 1 is 1.17 bits per heavy atom. The van der Waals surface area contributed by atoms with Crippen LogP contribution in [0.3, 0.4) is 0 Å². The van der Waals surface area contributed by atoms with Gasteiger partial charge >= 0.3 is 5.97 Å². The molecule has 1 heterocycles. The Kier molecular flexibility index (Phi) is 5.91.